The van der Waals surface area contributed by atoms with Gasteiger partial charge in [-0.2, -0.15) is 0 Å². The first kappa shape index (κ1) is 26.5. The topological polar surface area (TPSA) is 116 Å². The molecule has 10 nitrogen and oxygen atoms in total. The van der Waals surface area contributed by atoms with E-state index < -0.39 is 54.9 Å². The molecule has 0 N–H and O–H groups in total. The zero-order chi connectivity index (χ0) is 24.2. The summed E-state index contributed by atoms with van der Waals surface area (Å²) in [6, 6.07) is 0. The first-order valence-electron chi connectivity index (χ1n) is 10.9. The summed E-state index contributed by atoms with van der Waals surface area (Å²) >= 11 is 0. The smallest absolute Gasteiger partial charge is 0.303 e. The van der Waals surface area contributed by atoms with Gasteiger partial charge in [0.15, 0.2) is 24.8 Å². The molecule has 2 aliphatic rings. The summed E-state index contributed by atoms with van der Waals surface area (Å²) in [5.74, 6) is -1.83. The minimum absolute atomic E-state index is 0.0430. The zero-order valence-corrected chi connectivity index (χ0v) is 20.1. The number of carbonyl (C=O) groups excluding carboxylic acids is 3. The molecule has 10 atom stereocenters. The third-order valence-corrected chi connectivity index (χ3v) is 6.29. The predicted octanol–water partition coefficient (Wildman–Crippen LogP) is 1.82. The fourth-order valence-corrected chi connectivity index (χ4v) is 4.11. The SMILES string of the molecule is CO[C@@H]1OC(C)[C@H](C)[C@@H](O[C@H]2O[C@H](COC(C)=O)[C@@H](C)C(C)C2OC(C)=O)C1OC(C)=O. The monoisotopic (exact) mass is 460 g/mol. The number of hydrogen-bond acceptors (Lipinski definition) is 10. The summed E-state index contributed by atoms with van der Waals surface area (Å²) in [7, 11) is 1.46. The van der Waals surface area contributed by atoms with E-state index in [1.807, 2.05) is 27.7 Å². The lowest BCUT2D eigenvalue weighted by molar-refractivity contribution is -0.340. The molecule has 0 aliphatic carbocycles. The van der Waals surface area contributed by atoms with Crippen LogP contribution in [0, 0.1) is 17.8 Å². The average Bonchev–Trinajstić information content (AvgIpc) is 2.70. The van der Waals surface area contributed by atoms with Crippen LogP contribution >= 0.6 is 0 Å². The molecule has 2 aliphatic heterocycles. The molecule has 0 radical (unpaired) electrons. The number of ether oxygens (including phenoxy) is 7. The van der Waals surface area contributed by atoms with Crippen molar-refractivity contribution in [1.82, 2.24) is 0 Å². The van der Waals surface area contributed by atoms with Crippen molar-refractivity contribution in [3.8, 4) is 0 Å². The molecule has 2 saturated heterocycles. The van der Waals surface area contributed by atoms with Crippen molar-refractivity contribution in [3.05, 3.63) is 0 Å². The molecule has 0 aromatic carbocycles. The van der Waals surface area contributed by atoms with Gasteiger partial charge in [-0.25, -0.2) is 0 Å². The molecule has 32 heavy (non-hydrogen) atoms. The van der Waals surface area contributed by atoms with Gasteiger partial charge < -0.3 is 33.2 Å². The van der Waals surface area contributed by atoms with E-state index in [1.165, 1.54) is 27.9 Å². The first-order valence-corrected chi connectivity index (χ1v) is 10.9. The van der Waals surface area contributed by atoms with Gasteiger partial charge >= 0.3 is 17.9 Å². The first-order chi connectivity index (χ1) is 15.0. The highest BCUT2D eigenvalue weighted by Gasteiger charge is 2.51. The van der Waals surface area contributed by atoms with Crippen molar-refractivity contribution in [2.24, 2.45) is 17.8 Å². The molecule has 0 amide bonds. The molecule has 2 heterocycles. The van der Waals surface area contributed by atoms with Gasteiger partial charge in [0, 0.05) is 39.7 Å². The molecule has 0 spiro atoms. The normalized spacial score (nSPS) is 39.8. The van der Waals surface area contributed by atoms with Crippen LogP contribution in [0.25, 0.3) is 0 Å². The highest BCUT2D eigenvalue weighted by Crippen LogP contribution is 2.37. The van der Waals surface area contributed by atoms with Gasteiger partial charge in [-0.3, -0.25) is 14.4 Å². The average molecular weight is 461 g/mol. The van der Waals surface area contributed by atoms with Crippen molar-refractivity contribution in [1.29, 1.82) is 0 Å². The lowest BCUT2D eigenvalue weighted by Gasteiger charge is -2.48. The number of methoxy groups -OCH3 is 1. The van der Waals surface area contributed by atoms with E-state index in [0.717, 1.165) is 0 Å². The second kappa shape index (κ2) is 11.4. The molecular formula is C22H36O10. The second-order valence-corrected chi connectivity index (χ2v) is 8.62. The van der Waals surface area contributed by atoms with Gasteiger partial charge in [0.1, 0.15) is 12.7 Å². The summed E-state index contributed by atoms with van der Waals surface area (Å²) in [4.78, 5) is 34.9. The van der Waals surface area contributed by atoms with Crippen molar-refractivity contribution < 1.29 is 47.5 Å². The molecule has 0 aromatic heterocycles. The van der Waals surface area contributed by atoms with Gasteiger partial charge in [-0.15, -0.1) is 0 Å². The predicted molar refractivity (Wildman–Crippen MR) is 110 cm³/mol. The van der Waals surface area contributed by atoms with Gasteiger partial charge in [-0.1, -0.05) is 20.8 Å². The number of hydrogen-bond donors (Lipinski definition) is 0. The van der Waals surface area contributed by atoms with E-state index in [2.05, 4.69) is 0 Å². The van der Waals surface area contributed by atoms with Gasteiger partial charge in [0.05, 0.1) is 12.2 Å². The van der Waals surface area contributed by atoms with Crippen LogP contribution in [0.5, 0.6) is 0 Å². The number of esters is 3. The van der Waals surface area contributed by atoms with Gasteiger partial charge in [0.25, 0.3) is 0 Å². The third-order valence-electron chi connectivity index (χ3n) is 6.29. The lowest BCUT2D eigenvalue weighted by atomic mass is 9.83. The molecule has 2 rings (SSSR count). The third kappa shape index (κ3) is 6.40. The van der Waals surface area contributed by atoms with E-state index in [1.54, 1.807) is 0 Å². The van der Waals surface area contributed by atoms with Crippen LogP contribution in [0.2, 0.25) is 0 Å². The highest BCUT2D eigenvalue weighted by atomic mass is 16.7. The fraction of sp³-hybridized carbons (Fsp3) is 0.864. The molecular weight excluding hydrogens is 424 g/mol. The Hall–Kier alpha value is -1.75. The Morgan fingerprint density at radius 2 is 1.31 bits per heavy atom. The summed E-state index contributed by atoms with van der Waals surface area (Å²) in [6.45, 7) is 11.6. The maximum atomic E-state index is 11.8. The van der Waals surface area contributed by atoms with Crippen LogP contribution in [0.3, 0.4) is 0 Å². The Bertz CT molecular complexity index is 665. The van der Waals surface area contributed by atoms with E-state index in [0.29, 0.717) is 0 Å². The number of carbonyl (C=O) groups is 3. The van der Waals surface area contributed by atoms with Gasteiger partial charge in [0.2, 0.25) is 0 Å². The van der Waals surface area contributed by atoms with E-state index >= 15 is 0 Å². The largest absolute Gasteiger partial charge is 0.463 e. The van der Waals surface area contributed by atoms with Gasteiger partial charge in [-0.05, 0) is 12.8 Å². The Morgan fingerprint density at radius 1 is 0.719 bits per heavy atom. The van der Waals surface area contributed by atoms with Crippen LogP contribution in [0.1, 0.15) is 48.5 Å². The molecule has 2 fully saturated rings. The molecule has 10 heteroatoms. The Morgan fingerprint density at radius 3 is 1.84 bits per heavy atom. The zero-order valence-electron chi connectivity index (χ0n) is 20.1. The molecule has 0 aromatic rings. The molecule has 184 valence electrons. The summed E-state index contributed by atoms with van der Waals surface area (Å²) < 4.78 is 39.9. The van der Waals surface area contributed by atoms with Crippen molar-refractivity contribution >= 4 is 17.9 Å². The summed E-state index contributed by atoms with van der Waals surface area (Å²) in [5, 5.41) is 0. The van der Waals surface area contributed by atoms with Crippen LogP contribution in [0.15, 0.2) is 0 Å². The Balaban J connectivity index is 2.33. The van der Waals surface area contributed by atoms with Crippen molar-refractivity contribution in [3.63, 3.8) is 0 Å². The fourth-order valence-electron chi connectivity index (χ4n) is 4.11. The molecule has 4 unspecified atom stereocenters. The van der Waals surface area contributed by atoms with E-state index in [9.17, 15) is 14.4 Å². The number of rotatable bonds is 7. The van der Waals surface area contributed by atoms with Crippen molar-refractivity contribution in [2.45, 2.75) is 91.6 Å². The Kier molecular flexibility index (Phi) is 9.44. The minimum atomic E-state index is -0.973. The minimum Gasteiger partial charge on any atom is -0.463 e. The molecule has 0 saturated carbocycles. The maximum Gasteiger partial charge on any atom is 0.303 e. The quantitative estimate of drug-likeness (QED) is 0.411. The highest BCUT2D eigenvalue weighted by molar-refractivity contribution is 5.66. The van der Waals surface area contributed by atoms with Crippen LogP contribution in [-0.2, 0) is 47.5 Å². The van der Waals surface area contributed by atoms with E-state index in [4.69, 9.17) is 33.2 Å². The van der Waals surface area contributed by atoms with Crippen LogP contribution in [0.4, 0.5) is 0 Å². The second-order valence-electron chi connectivity index (χ2n) is 8.62. The standard InChI is InChI=1S/C22H36O10/c1-10-11(2)19(29-15(6)24)22(31-17(10)9-27-14(5)23)32-18-12(3)13(4)28-21(26-8)20(18)30-16(7)25/h10-13,17-22H,9H2,1-8H3/t10-,11?,12-,13?,17+,18+,19?,20?,21+,22+/m0/s1. The Labute approximate surface area is 189 Å². The summed E-state index contributed by atoms with van der Waals surface area (Å²) in [5.41, 5.74) is 0. The molecule has 0 bridgehead atoms. The lowest BCUT2D eigenvalue weighted by Crippen LogP contribution is -2.60. The van der Waals surface area contributed by atoms with Crippen LogP contribution in [-0.4, -0.2) is 74.7 Å². The maximum absolute atomic E-state index is 11.8. The van der Waals surface area contributed by atoms with Crippen molar-refractivity contribution in [2.75, 3.05) is 13.7 Å². The van der Waals surface area contributed by atoms with E-state index in [-0.39, 0.29) is 30.5 Å². The summed E-state index contributed by atoms with van der Waals surface area (Å²) in [6.07, 6.45) is -4.76. The van der Waals surface area contributed by atoms with Crippen LogP contribution < -0.4 is 0 Å².